The normalized spacial score (nSPS) is 8.73. The van der Waals surface area contributed by atoms with E-state index < -0.39 is 0 Å². The number of hydrogen-bond donors (Lipinski definition) is 2. The fourth-order valence-corrected chi connectivity index (χ4v) is 1.43. The van der Waals surface area contributed by atoms with Gasteiger partial charge in [-0.2, -0.15) is 0 Å². The van der Waals surface area contributed by atoms with Crippen molar-refractivity contribution in [3.05, 3.63) is 0 Å². The molecule has 4 N–H and O–H groups in total. The zero-order valence-electron chi connectivity index (χ0n) is 12.8. The van der Waals surface area contributed by atoms with Gasteiger partial charge in [-0.25, -0.2) is 19.6 Å². The first kappa shape index (κ1) is 22.0. The van der Waals surface area contributed by atoms with E-state index in [0.717, 1.165) is 25.7 Å². The second-order valence-corrected chi connectivity index (χ2v) is 4.50. The number of hydrogen-bond acceptors (Lipinski definition) is 6. The molecule has 0 rings (SSSR count). The highest BCUT2D eigenvalue weighted by Crippen LogP contribution is 1.99. The summed E-state index contributed by atoms with van der Waals surface area (Å²) in [6.07, 6.45) is 8.78. The summed E-state index contributed by atoms with van der Waals surface area (Å²) in [5.41, 5.74) is 9.71. The Hall–Kier alpha value is -2.30. The summed E-state index contributed by atoms with van der Waals surface area (Å²) in [5.74, 6) is -0.658. The predicted molar refractivity (Wildman–Crippen MR) is 81.3 cm³/mol. The third-order valence-corrected chi connectivity index (χ3v) is 2.52. The number of unbranched alkanes of at least 4 members (excludes halogenated alkanes) is 4. The molecule has 0 aromatic rings. The van der Waals surface area contributed by atoms with E-state index in [1.807, 2.05) is 0 Å². The van der Waals surface area contributed by atoms with E-state index in [0.29, 0.717) is 38.8 Å². The van der Waals surface area contributed by atoms with Crippen LogP contribution in [0, 0.1) is 0 Å². The van der Waals surface area contributed by atoms with Crippen LogP contribution in [0.3, 0.4) is 0 Å². The van der Waals surface area contributed by atoms with Crippen LogP contribution in [-0.2, 0) is 19.2 Å². The zero-order chi connectivity index (χ0) is 17.1. The van der Waals surface area contributed by atoms with Crippen LogP contribution in [0.2, 0.25) is 0 Å². The molecule has 0 fully saturated rings. The summed E-state index contributed by atoms with van der Waals surface area (Å²) in [4.78, 5) is 46.4. The number of aliphatic imine (C=N–C) groups is 2. The van der Waals surface area contributed by atoms with Crippen LogP contribution in [0.1, 0.15) is 51.4 Å². The maximum Gasteiger partial charge on any atom is 0.234 e. The second kappa shape index (κ2) is 18.7. The molecule has 0 aliphatic rings. The van der Waals surface area contributed by atoms with Gasteiger partial charge in [-0.1, -0.05) is 12.8 Å². The Kier molecular flexibility index (Phi) is 18.7. The van der Waals surface area contributed by atoms with Crippen molar-refractivity contribution in [2.75, 3.05) is 13.1 Å². The van der Waals surface area contributed by atoms with Crippen molar-refractivity contribution in [1.82, 2.24) is 0 Å². The van der Waals surface area contributed by atoms with Crippen molar-refractivity contribution >= 4 is 24.0 Å². The molecule has 8 heteroatoms. The Morgan fingerprint density at radius 1 is 0.682 bits per heavy atom. The molecule has 8 nitrogen and oxygen atoms in total. The van der Waals surface area contributed by atoms with Crippen molar-refractivity contribution < 1.29 is 19.2 Å². The summed E-state index contributed by atoms with van der Waals surface area (Å²) in [7, 11) is 0. The second-order valence-electron chi connectivity index (χ2n) is 4.50. The van der Waals surface area contributed by atoms with Crippen LogP contribution in [0.4, 0.5) is 0 Å². The molecule has 0 heterocycles. The Morgan fingerprint density at radius 3 is 1.32 bits per heavy atom. The van der Waals surface area contributed by atoms with E-state index in [-0.39, 0.29) is 11.8 Å². The molecule has 0 aromatic heterocycles. The topological polar surface area (TPSA) is 145 Å². The fraction of sp³-hybridized carbons (Fsp3) is 0.714. The number of carbonyl (C=O) groups is 2. The molecule has 0 radical (unpaired) electrons. The minimum Gasteiger partial charge on any atom is -0.370 e. The van der Waals surface area contributed by atoms with Gasteiger partial charge in [-0.3, -0.25) is 9.59 Å². The average Bonchev–Trinajstić information content (AvgIpc) is 2.47. The lowest BCUT2D eigenvalue weighted by Gasteiger charge is -1.93. The van der Waals surface area contributed by atoms with Crippen LogP contribution < -0.4 is 11.5 Å². The molecule has 0 unspecified atom stereocenters. The molecule has 124 valence electrons. The number of nitrogens with two attached hydrogens (primary N) is 2. The maximum absolute atomic E-state index is 10.2. The SMILES string of the molecule is NC(=O)CCCCC(N)=O.O=C=NCCCCCCN=C=O. The van der Waals surface area contributed by atoms with E-state index in [1.165, 1.54) is 12.2 Å². The van der Waals surface area contributed by atoms with Crippen LogP contribution in [0.5, 0.6) is 0 Å². The van der Waals surface area contributed by atoms with Gasteiger partial charge in [0.15, 0.2) is 0 Å². The van der Waals surface area contributed by atoms with Gasteiger partial charge in [-0.05, 0) is 25.7 Å². The first-order chi connectivity index (χ1) is 10.5. The van der Waals surface area contributed by atoms with Gasteiger partial charge in [0.1, 0.15) is 0 Å². The smallest absolute Gasteiger partial charge is 0.234 e. The van der Waals surface area contributed by atoms with Gasteiger partial charge in [0.05, 0.1) is 13.1 Å². The Bertz CT molecular complexity index is 362. The van der Waals surface area contributed by atoms with Crippen molar-refractivity contribution in [1.29, 1.82) is 0 Å². The number of amides is 2. The summed E-state index contributed by atoms with van der Waals surface area (Å²) in [6, 6.07) is 0. The Morgan fingerprint density at radius 2 is 1.05 bits per heavy atom. The lowest BCUT2D eigenvalue weighted by molar-refractivity contribution is -0.119. The molecule has 0 spiro atoms. The maximum atomic E-state index is 10.2. The van der Waals surface area contributed by atoms with Gasteiger partial charge >= 0.3 is 0 Å². The third-order valence-electron chi connectivity index (χ3n) is 2.52. The van der Waals surface area contributed by atoms with E-state index >= 15 is 0 Å². The number of rotatable bonds is 12. The number of carbonyl (C=O) groups excluding carboxylic acids is 4. The van der Waals surface area contributed by atoms with E-state index in [1.54, 1.807) is 0 Å². The standard InChI is InChI=1S/C8H12N2O2.C6H12N2O2/c11-7-9-5-3-1-2-4-6-10-8-12;7-5(9)3-1-2-4-6(8)10/h1-6H2;1-4H2,(H2,7,9)(H2,8,10). The molecule has 0 aliphatic carbocycles. The van der Waals surface area contributed by atoms with Crippen molar-refractivity contribution in [2.24, 2.45) is 21.5 Å². The summed E-state index contributed by atoms with van der Waals surface area (Å²) in [5, 5.41) is 0. The molecule has 2 amide bonds. The minimum absolute atomic E-state index is 0.329. The Balaban J connectivity index is 0. The van der Waals surface area contributed by atoms with Gasteiger partial charge in [0.25, 0.3) is 0 Å². The highest BCUT2D eigenvalue weighted by atomic mass is 16.1. The average molecular weight is 312 g/mol. The molecule has 22 heavy (non-hydrogen) atoms. The minimum atomic E-state index is -0.329. The molecule has 0 saturated carbocycles. The monoisotopic (exact) mass is 312 g/mol. The van der Waals surface area contributed by atoms with E-state index in [2.05, 4.69) is 9.98 Å². The quantitative estimate of drug-likeness (QED) is 0.311. The first-order valence-corrected chi connectivity index (χ1v) is 7.18. The van der Waals surface area contributed by atoms with E-state index in [4.69, 9.17) is 11.5 Å². The highest BCUT2D eigenvalue weighted by molar-refractivity contribution is 5.74. The van der Waals surface area contributed by atoms with Gasteiger partial charge < -0.3 is 11.5 Å². The number of primary amides is 2. The lowest BCUT2D eigenvalue weighted by atomic mass is 10.2. The molecule has 0 aromatic carbocycles. The molecular formula is C14H24N4O4. The molecular weight excluding hydrogens is 288 g/mol. The highest BCUT2D eigenvalue weighted by Gasteiger charge is 1.96. The van der Waals surface area contributed by atoms with Gasteiger partial charge in [0, 0.05) is 12.8 Å². The third kappa shape index (κ3) is 26.3. The van der Waals surface area contributed by atoms with Crippen molar-refractivity contribution in [3.63, 3.8) is 0 Å². The number of nitrogens with zero attached hydrogens (tertiary/aromatic N) is 2. The van der Waals surface area contributed by atoms with Gasteiger partial charge in [-0.15, -0.1) is 0 Å². The summed E-state index contributed by atoms with van der Waals surface area (Å²) < 4.78 is 0. The summed E-state index contributed by atoms with van der Waals surface area (Å²) >= 11 is 0. The van der Waals surface area contributed by atoms with Crippen LogP contribution in [-0.4, -0.2) is 37.1 Å². The predicted octanol–water partition coefficient (Wildman–Crippen LogP) is 0.736. The Labute approximate surface area is 130 Å². The van der Waals surface area contributed by atoms with Crippen molar-refractivity contribution in [2.45, 2.75) is 51.4 Å². The van der Waals surface area contributed by atoms with E-state index in [9.17, 15) is 19.2 Å². The zero-order valence-corrected chi connectivity index (χ0v) is 12.8. The van der Waals surface area contributed by atoms with Crippen LogP contribution in [0.15, 0.2) is 9.98 Å². The first-order valence-electron chi connectivity index (χ1n) is 7.18. The molecule has 0 saturated heterocycles. The lowest BCUT2D eigenvalue weighted by Crippen LogP contribution is -2.12. The van der Waals surface area contributed by atoms with Crippen LogP contribution in [0.25, 0.3) is 0 Å². The largest absolute Gasteiger partial charge is 0.370 e. The molecule has 0 atom stereocenters. The van der Waals surface area contributed by atoms with Crippen molar-refractivity contribution in [3.8, 4) is 0 Å². The van der Waals surface area contributed by atoms with Gasteiger partial charge in [0.2, 0.25) is 24.0 Å². The van der Waals surface area contributed by atoms with Crippen LogP contribution >= 0.6 is 0 Å². The molecule has 0 bridgehead atoms. The molecule has 0 aliphatic heterocycles. The fourth-order valence-electron chi connectivity index (χ4n) is 1.43. The summed E-state index contributed by atoms with van der Waals surface area (Å²) in [6.45, 7) is 1.11. The number of isocyanates is 2.